The zero-order chi connectivity index (χ0) is 26.7. The molecule has 4 rings (SSSR count). The van der Waals surface area contributed by atoms with Crippen LogP contribution in [-0.2, 0) is 21.5 Å². The van der Waals surface area contributed by atoms with E-state index in [1.807, 2.05) is 25.1 Å². The Labute approximate surface area is 226 Å². The number of nitrogens with zero attached hydrogens (tertiary/aromatic N) is 2. The second kappa shape index (κ2) is 11.4. The Morgan fingerprint density at radius 1 is 1.19 bits per heavy atom. The van der Waals surface area contributed by atoms with Crippen molar-refractivity contribution >= 4 is 66.8 Å². The molecule has 196 valence electrons. The predicted molar refractivity (Wildman–Crippen MR) is 152 cm³/mol. The van der Waals surface area contributed by atoms with Gasteiger partial charge in [0.25, 0.3) is 5.01 Å². The number of carbonyl (C=O) groups is 1. The Balaban J connectivity index is 1.70. The molecule has 1 amide bonds. The molecule has 0 saturated heterocycles. The molecule has 1 aromatic heterocycles. The minimum Gasteiger partial charge on any atom is -0.748 e. The normalized spacial score (nSPS) is 15.0. The summed E-state index contributed by atoms with van der Waals surface area (Å²) >= 11 is 3.37. The van der Waals surface area contributed by atoms with Gasteiger partial charge in [0.05, 0.1) is 20.8 Å². The number of nitrogens with one attached hydrogen (secondary N) is 1. The first kappa shape index (κ1) is 27.4. The second-order valence-corrected chi connectivity index (χ2v) is 12.6. The van der Waals surface area contributed by atoms with Gasteiger partial charge in [0.15, 0.2) is 6.54 Å². The van der Waals surface area contributed by atoms with Gasteiger partial charge in [-0.15, -0.1) is 0 Å². The molecule has 0 radical (unpaired) electrons. The summed E-state index contributed by atoms with van der Waals surface area (Å²) in [5.41, 5.74) is 5.17. The van der Waals surface area contributed by atoms with E-state index in [-0.39, 0.29) is 18.1 Å². The van der Waals surface area contributed by atoms with Gasteiger partial charge in [-0.05, 0) is 61.7 Å². The summed E-state index contributed by atoms with van der Waals surface area (Å²) in [5.74, 6) is -0.474. The van der Waals surface area contributed by atoms with Crippen LogP contribution in [0.15, 0.2) is 58.0 Å². The topological polar surface area (TPSA) is 93.4 Å². The van der Waals surface area contributed by atoms with Crippen molar-refractivity contribution in [2.75, 3.05) is 22.5 Å². The maximum absolute atomic E-state index is 11.5. The molecular formula is C27H31N3O4S3. The molecule has 1 N–H and O–H groups in total. The third kappa shape index (κ3) is 6.62. The zero-order valence-electron chi connectivity index (χ0n) is 21.4. The number of fused-ring (bicyclic) bond motifs is 2. The number of aromatic nitrogens is 1. The fourth-order valence-corrected chi connectivity index (χ4v) is 7.14. The van der Waals surface area contributed by atoms with E-state index in [0.29, 0.717) is 6.54 Å². The SMILES string of the molecule is CCC(=Cc1sc2ccc(C)cc2[n+]1CCCS(=O)(=O)[O-])C=C1Sc2ccc(NC(C)=O)cc2N1CC. The highest BCUT2D eigenvalue weighted by Crippen LogP contribution is 2.47. The number of carbonyl (C=O) groups excluding carboxylic acids is 1. The van der Waals surface area contributed by atoms with Crippen LogP contribution in [-0.4, -0.2) is 31.2 Å². The van der Waals surface area contributed by atoms with E-state index in [4.69, 9.17) is 0 Å². The Morgan fingerprint density at radius 3 is 2.65 bits per heavy atom. The first-order chi connectivity index (χ1) is 17.6. The molecule has 1 aliphatic heterocycles. The van der Waals surface area contributed by atoms with Crippen molar-refractivity contribution in [1.29, 1.82) is 0 Å². The van der Waals surface area contributed by atoms with Gasteiger partial charge in [0.2, 0.25) is 11.4 Å². The van der Waals surface area contributed by atoms with Crippen LogP contribution in [0.2, 0.25) is 0 Å². The fourth-order valence-electron chi connectivity index (χ4n) is 4.33. The van der Waals surface area contributed by atoms with Crippen molar-refractivity contribution in [3.8, 4) is 0 Å². The molecule has 0 fully saturated rings. The highest BCUT2D eigenvalue weighted by atomic mass is 32.2. The maximum Gasteiger partial charge on any atom is 0.263 e. The first-order valence-electron chi connectivity index (χ1n) is 12.2. The van der Waals surface area contributed by atoms with Crippen molar-refractivity contribution in [2.24, 2.45) is 0 Å². The summed E-state index contributed by atoms with van der Waals surface area (Å²) in [6.45, 7) is 9.01. The first-order valence-corrected chi connectivity index (χ1v) is 15.4. The monoisotopic (exact) mass is 557 g/mol. The Morgan fingerprint density at radius 2 is 1.97 bits per heavy atom. The number of thiazole rings is 1. The van der Waals surface area contributed by atoms with E-state index in [2.05, 4.69) is 59.0 Å². The van der Waals surface area contributed by atoms with Crippen LogP contribution in [0.5, 0.6) is 0 Å². The summed E-state index contributed by atoms with van der Waals surface area (Å²) < 4.78 is 36.8. The molecule has 0 aliphatic carbocycles. The molecule has 3 aromatic rings. The predicted octanol–water partition coefficient (Wildman–Crippen LogP) is 5.66. The maximum atomic E-state index is 11.5. The largest absolute Gasteiger partial charge is 0.748 e. The number of hydrogen-bond acceptors (Lipinski definition) is 7. The van der Waals surface area contributed by atoms with Gasteiger partial charge in [-0.3, -0.25) is 4.79 Å². The molecule has 2 aromatic carbocycles. The van der Waals surface area contributed by atoms with Crippen LogP contribution in [0.1, 0.15) is 44.2 Å². The van der Waals surface area contributed by atoms with E-state index < -0.39 is 10.1 Å². The van der Waals surface area contributed by atoms with Crippen molar-refractivity contribution < 1.29 is 22.3 Å². The van der Waals surface area contributed by atoms with Gasteiger partial charge in [-0.2, -0.15) is 4.57 Å². The Bertz CT molecular complexity index is 1510. The van der Waals surface area contributed by atoms with Crippen LogP contribution < -0.4 is 14.8 Å². The number of aryl methyl sites for hydroxylation is 2. The summed E-state index contributed by atoms with van der Waals surface area (Å²) in [5, 5.41) is 5.00. The average molecular weight is 558 g/mol. The lowest BCUT2D eigenvalue weighted by Gasteiger charge is -2.19. The van der Waals surface area contributed by atoms with Gasteiger partial charge in [-0.1, -0.05) is 36.1 Å². The van der Waals surface area contributed by atoms with Gasteiger partial charge >= 0.3 is 0 Å². The number of rotatable bonds is 9. The number of anilines is 2. The molecule has 7 nitrogen and oxygen atoms in total. The molecule has 0 saturated carbocycles. The molecule has 1 aliphatic rings. The van der Waals surface area contributed by atoms with E-state index in [1.165, 1.54) is 6.92 Å². The fraction of sp³-hybridized carbons (Fsp3) is 0.333. The second-order valence-electron chi connectivity index (χ2n) is 8.94. The lowest BCUT2D eigenvalue weighted by molar-refractivity contribution is -0.668. The lowest BCUT2D eigenvalue weighted by atomic mass is 10.2. The molecular weight excluding hydrogens is 527 g/mol. The van der Waals surface area contributed by atoms with E-state index in [0.717, 1.165) is 60.6 Å². The van der Waals surface area contributed by atoms with Crippen molar-refractivity contribution in [1.82, 2.24) is 0 Å². The summed E-state index contributed by atoms with van der Waals surface area (Å²) in [7, 11) is -4.26. The molecule has 0 unspecified atom stereocenters. The Kier molecular flexibility index (Phi) is 8.42. The van der Waals surface area contributed by atoms with Crippen LogP contribution in [0.4, 0.5) is 11.4 Å². The Hall–Kier alpha value is -2.66. The van der Waals surface area contributed by atoms with Crippen LogP contribution in [0.25, 0.3) is 16.3 Å². The number of amides is 1. The minimum atomic E-state index is -4.26. The van der Waals surface area contributed by atoms with E-state index in [9.17, 15) is 17.8 Å². The van der Waals surface area contributed by atoms with Crippen molar-refractivity contribution in [3.05, 3.63) is 63.6 Å². The quantitative estimate of drug-likeness (QED) is 0.270. The standard InChI is InChI=1S/C27H31N3O4S3/c1-5-20(15-26-29(6-2)23-17-21(28-19(4)31)9-11-25(23)35-26)16-27-30(12-7-13-37(32,33)34)22-14-18(3)8-10-24(22)36-27/h8-11,14-17H,5-7,12-13H2,1-4H3,(H-,28,31,32,33,34). The van der Waals surface area contributed by atoms with Gasteiger partial charge in [0.1, 0.15) is 4.70 Å². The van der Waals surface area contributed by atoms with E-state index in [1.54, 1.807) is 23.1 Å². The number of thioether (sulfide) groups is 1. The molecule has 10 heteroatoms. The number of allylic oxidation sites excluding steroid dienone is 2. The van der Waals surface area contributed by atoms with E-state index >= 15 is 0 Å². The minimum absolute atomic E-state index is 0.0969. The smallest absolute Gasteiger partial charge is 0.263 e. The number of hydrogen-bond donors (Lipinski definition) is 1. The summed E-state index contributed by atoms with van der Waals surface area (Å²) in [6, 6.07) is 12.2. The van der Waals surface area contributed by atoms with Crippen LogP contribution in [0, 0.1) is 6.92 Å². The molecule has 37 heavy (non-hydrogen) atoms. The third-order valence-electron chi connectivity index (χ3n) is 6.05. The van der Waals surface area contributed by atoms with Gasteiger partial charge < -0.3 is 14.8 Å². The molecule has 0 atom stereocenters. The number of benzene rings is 2. The lowest BCUT2D eigenvalue weighted by Crippen LogP contribution is -2.36. The van der Waals surface area contributed by atoms with Crippen LogP contribution >= 0.6 is 23.1 Å². The zero-order valence-corrected chi connectivity index (χ0v) is 23.9. The van der Waals surface area contributed by atoms with Crippen molar-refractivity contribution in [2.45, 2.75) is 52.0 Å². The highest BCUT2D eigenvalue weighted by Gasteiger charge is 2.25. The van der Waals surface area contributed by atoms with Gasteiger partial charge in [0, 0.05) is 48.4 Å². The summed E-state index contributed by atoms with van der Waals surface area (Å²) in [6.07, 6.45) is 5.45. The summed E-state index contributed by atoms with van der Waals surface area (Å²) in [4.78, 5) is 14.9. The third-order valence-corrected chi connectivity index (χ3v) is 9.07. The molecule has 0 bridgehead atoms. The molecule has 0 spiro atoms. The molecule has 2 heterocycles. The highest BCUT2D eigenvalue weighted by molar-refractivity contribution is 8.03. The van der Waals surface area contributed by atoms with Crippen molar-refractivity contribution in [3.63, 3.8) is 0 Å². The van der Waals surface area contributed by atoms with Gasteiger partial charge in [-0.25, -0.2) is 8.42 Å². The van der Waals surface area contributed by atoms with Crippen LogP contribution in [0.3, 0.4) is 0 Å². The average Bonchev–Trinajstić information content (AvgIpc) is 3.34.